The average Bonchev–Trinajstić information content (AvgIpc) is 3.13. The van der Waals surface area contributed by atoms with Gasteiger partial charge in [0.1, 0.15) is 0 Å². The lowest BCUT2D eigenvalue weighted by Crippen LogP contribution is -2.17. The zero-order chi connectivity index (χ0) is 38.8. The maximum atomic E-state index is 12.0. The number of carbonyl (C=O) groups excluding carboxylic acids is 1. The number of hydrogen-bond acceptors (Lipinski definition) is 3. The number of esters is 1. The van der Waals surface area contributed by atoms with E-state index in [9.17, 15) is 14.7 Å². The molecule has 0 aliphatic heterocycles. The summed E-state index contributed by atoms with van der Waals surface area (Å²) < 4.78 is 5.46. The van der Waals surface area contributed by atoms with Gasteiger partial charge in [0, 0.05) is 0 Å². The number of carboxylic acids is 1. The van der Waals surface area contributed by atoms with Crippen LogP contribution in [0.2, 0.25) is 0 Å². The van der Waals surface area contributed by atoms with Crippen LogP contribution in [0.3, 0.4) is 0 Å². The Morgan fingerprint density at radius 3 is 1.08 bits per heavy atom. The minimum Gasteiger partial charge on any atom is -0.481 e. The van der Waals surface area contributed by atoms with Crippen molar-refractivity contribution in [3.8, 4) is 0 Å². The van der Waals surface area contributed by atoms with Gasteiger partial charge >= 0.3 is 11.9 Å². The predicted molar refractivity (Wildman–Crippen MR) is 229 cm³/mol. The van der Waals surface area contributed by atoms with Gasteiger partial charge in [-0.05, 0) is 38.0 Å². The maximum Gasteiger partial charge on any atom is 0.308 e. The van der Waals surface area contributed by atoms with Gasteiger partial charge < -0.3 is 9.84 Å². The molecule has 0 aliphatic carbocycles. The van der Waals surface area contributed by atoms with Gasteiger partial charge in [0.05, 0.1) is 18.4 Å². The van der Waals surface area contributed by atoms with Crippen LogP contribution in [0.5, 0.6) is 0 Å². The van der Waals surface area contributed by atoms with Crippen molar-refractivity contribution < 1.29 is 19.4 Å². The molecule has 0 fully saturated rings. The molecule has 0 saturated carbocycles. The van der Waals surface area contributed by atoms with Gasteiger partial charge in [0.2, 0.25) is 0 Å². The molecule has 0 rings (SSSR count). The Bertz CT molecular complexity index is 704. The lowest BCUT2D eigenvalue weighted by Gasteiger charge is -2.13. The summed E-state index contributed by atoms with van der Waals surface area (Å²) in [4.78, 5) is 23.3. The molecule has 0 spiro atoms. The molecule has 0 aromatic rings. The number of hydrogen-bond donors (Lipinski definition) is 1. The van der Waals surface area contributed by atoms with E-state index in [0.29, 0.717) is 12.5 Å². The SMILES string of the molecule is CCCCCCCCCCCCCCCCC(CCCC(C)C)C(=O)O.CCCCCCCCCCCCCCCCOC(=O)C(CC)CCCC. The summed E-state index contributed by atoms with van der Waals surface area (Å²) in [5, 5.41) is 9.34. The fourth-order valence-electron chi connectivity index (χ4n) is 7.28. The fourth-order valence-corrected chi connectivity index (χ4v) is 7.28. The molecule has 0 bridgehead atoms. The first kappa shape index (κ1) is 53.0. The topological polar surface area (TPSA) is 63.6 Å². The van der Waals surface area contributed by atoms with Crippen LogP contribution in [0.25, 0.3) is 0 Å². The van der Waals surface area contributed by atoms with E-state index >= 15 is 0 Å². The van der Waals surface area contributed by atoms with Gasteiger partial charge in [-0.25, -0.2) is 0 Å². The summed E-state index contributed by atoms with van der Waals surface area (Å²) in [6.07, 6.45) is 46.2. The molecule has 52 heavy (non-hydrogen) atoms. The average molecular weight is 737 g/mol. The fraction of sp³-hybridized carbons (Fsp3) is 0.958. The van der Waals surface area contributed by atoms with E-state index in [1.807, 2.05) is 0 Å². The lowest BCUT2D eigenvalue weighted by molar-refractivity contribution is -0.149. The van der Waals surface area contributed by atoms with Gasteiger partial charge in [-0.3, -0.25) is 9.59 Å². The molecule has 2 atom stereocenters. The smallest absolute Gasteiger partial charge is 0.308 e. The number of aliphatic carboxylic acids is 1. The molecule has 0 aromatic carbocycles. The minimum absolute atomic E-state index is 0.0376. The largest absolute Gasteiger partial charge is 0.481 e. The van der Waals surface area contributed by atoms with Gasteiger partial charge in [0.25, 0.3) is 0 Å². The number of carbonyl (C=O) groups is 2. The third-order valence-electron chi connectivity index (χ3n) is 11.1. The van der Waals surface area contributed by atoms with Gasteiger partial charge in [-0.1, -0.05) is 241 Å². The van der Waals surface area contributed by atoms with Crippen molar-refractivity contribution in [2.24, 2.45) is 17.8 Å². The monoisotopic (exact) mass is 737 g/mol. The Balaban J connectivity index is 0. The summed E-state index contributed by atoms with van der Waals surface area (Å²) in [6, 6.07) is 0. The minimum atomic E-state index is -0.580. The zero-order valence-corrected chi connectivity index (χ0v) is 36.6. The van der Waals surface area contributed by atoms with Crippen LogP contribution in [0.15, 0.2) is 0 Å². The summed E-state index contributed by atoms with van der Waals surface area (Å²) >= 11 is 0. The van der Waals surface area contributed by atoms with Crippen LogP contribution in [0, 0.1) is 17.8 Å². The molecule has 0 heterocycles. The maximum absolute atomic E-state index is 12.0. The zero-order valence-electron chi connectivity index (χ0n) is 36.6. The van der Waals surface area contributed by atoms with Crippen molar-refractivity contribution in [2.75, 3.05) is 6.61 Å². The summed E-state index contributed by atoms with van der Waals surface area (Å²) in [5.74, 6) is 0.164. The highest BCUT2D eigenvalue weighted by molar-refractivity contribution is 5.72. The highest BCUT2D eigenvalue weighted by atomic mass is 16.5. The van der Waals surface area contributed by atoms with E-state index < -0.39 is 5.97 Å². The van der Waals surface area contributed by atoms with Crippen molar-refractivity contribution in [1.29, 1.82) is 0 Å². The highest BCUT2D eigenvalue weighted by Crippen LogP contribution is 2.21. The van der Waals surface area contributed by atoms with Crippen molar-refractivity contribution in [1.82, 2.24) is 0 Å². The number of carboxylic acid groups (broad SMARTS) is 1. The number of rotatable bonds is 40. The van der Waals surface area contributed by atoms with Crippen molar-refractivity contribution in [3.05, 3.63) is 0 Å². The van der Waals surface area contributed by atoms with Crippen LogP contribution in [-0.2, 0) is 14.3 Å². The van der Waals surface area contributed by atoms with E-state index in [4.69, 9.17) is 4.74 Å². The molecule has 0 amide bonds. The molecule has 0 aromatic heterocycles. The second-order valence-electron chi connectivity index (χ2n) is 16.8. The van der Waals surface area contributed by atoms with Crippen molar-refractivity contribution in [3.63, 3.8) is 0 Å². The standard InChI is InChI=1S/2C24H48O2/c1-4-5-6-7-8-9-10-11-12-13-14-15-16-17-20-23(24(25)26)21-18-19-22(2)3;1-4-7-9-10-11-12-13-14-15-16-17-18-19-20-22-26-24(25)23(6-3)21-8-5-2/h22-23H,4-21H2,1-3H3,(H,25,26);23H,4-22H2,1-3H3. The van der Waals surface area contributed by atoms with Crippen LogP contribution in [-0.4, -0.2) is 23.7 Å². The number of ether oxygens (including phenoxy) is 1. The van der Waals surface area contributed by atoms with Crippen LogP contribution >= 0.6 is 0 Å². The molecular weight excluding hydrogens is 641 g/mol. The second-order valence-corrected chi connectivity index (χ2v) is 16.8. The number of unbranched alkanes of at least 4 members (excludes halogenated alkanes) is 27. The van der Waals surface area contributed by atoms with E-state index in [1.165, 1.54) is 167 Å². The molecule has 1 N–H and O–H groups in total. The van der Waals surface area contributed by atoms with Crippen molar-refractivity contribution in [2.45, 2.75) is 273 Å². The highest BCUT2D eigenvalue weighted by Gasteiger charge is 2.17. The molecule has 312 valence electrons. The van der Waals surface area contributed by atoms with Crippen molar-refractivity contribution >= 4 is 11.9 Å². The quantitative estimate of drug-likeness (QED) is 0.0502. The van der Waals surface area contributed by atoms with Gasteiger partial charge in [-0.15, -0.1) is 0 Å². The molecule has 0 aliphatic rings. The predicted octanol–water partition coefficient (Wildman–Crippen LogP) is 16.6. The normalized spacial score (nSPS) is 12.4. The Morgan fingerprint density at radius 2 is 0.731 bits per heavy atom. The van der Waals surface area contributed by atoms with Crippen LogP contribution < -0.4 is 0 Å². The Labute approximate surface area is 327 Å². The third-order valence-corrected chi connectivity index (χ3v) is 11.1. The summed E-state index contributed by atoms with van der Waals surface area (Å²) in [7, 11) is 0. The summed E-state index contributed by atoms with van der Waals surface area (Å²) in [6.45, 7) is 13.9. The first-order valence-corrected chi connectivity index (χ1v) is 23.7. The van der Waals surface area contributed by atoms with Crippen LogP contribution in [0.4, 0.5) is 0 Å². The molecule has 4 nitrogen and oxygen atoms in total. The third kappa shape index (κ3) is 41.7. The first-order valence-electron chi connectivity index (χ1n) is 23.7. The Hall–Kier alpha value is -1.06. The van der Waals surface area contributed by atoms with E-state index in [0.717, 1.165) is 64.2 Å². The van der Waals surface area contributed by atoms with Crippen LogP contribution in [0.1, 0.15) is 273 Å². The molecule has 4 heteroatoms. The molecule has 0 saturated heterocycles. The Kier molecular flexibility index (Phi) is 45.2. The lowest BCUT2D eigenvalue weighted by atomic mass is 9.93. The Morgan fingerprint density at radius 1 is 0.404 bits per heavy atom. The summed E-state index contributed by atoms with van der Waals surface area (Å²) in [5.41, 5.74) is 0. The van der Waals surface area contributed by atoms with E-state index in [2.05, 4.69) is 41.5 Å². The van der Waals surface area contributed by atoms with E-state index in [1.54, 1.807) is 0 Å². The molecule has 0 radical (unpaired) electrons. The van der Waals surface area contributed by atoms with Gasteiger partial charge in [-0.2, -0.15) is 0 Å². The molecule has 2 unspecified atom stereocenters. The molecular formula is C48H96O4. The second kappa shape index (κ2) is 44.3. The van der Waals surface area contributed by atoms with Gasteiger partial charge in [0.15, 0.2) is 0 Å². The first-order chi connectivity index (χ1) is 25.3. The van der Waals surface area contributed by atoms with E-state index in [-0.39, 0.29) is 17.8 Å².